The summed E-state index contributed by atoms with van der Waals surface area (Å²) < 4.78 is 26.0. The maximum absolute atomic E-state index is 11.7. The molecule has 0 aliphatic heterocycles. The first-order valence-electron chi connectivity index (χ1n) is 7.29. The van der Waals surface area contributed by atoms with Gasteiger partial charge in [-0.3, -0.25) is 0 Å². The van der Waals surface area contributed by atoms with Crippen LogP contribution in [-0.2, 0) is 10.0 Å². The normalized spacial score (nSPS) is 11.9. The van der Waals surface area contributed by atoms with Crippen molar-refractivity contribution in [3.05, 3.63) is 0 Å². The lowest BCUT2D eigenvalue weighted by atomic mass is 10.2. The summed E-state index contributed by atoms with van der Waals surface area (Å²) in [6.07, 6.45) is 8.09. The fourth-order valence-electron chi connectivity index (χ4n) is 1.69. The van der Waals surface area contributed by atoms with Crippen molar-refractivity contribution in [3.63, 3.8) is 0 Å². The molecular weight excluding hydrogens is 280 g/mol. The van der Waals surface area contributed by atoms with Crippen LogP contribution in [0.4, 0.5) is 0 Å². The minimum Gasteiger partial charge on any atom is -0.317 e. The molecule has 0 aromatic carbocycles. The highest BCUT2D eigenvalue weighted by atomic mass is 32.2. The minimum absolute atomic E-state index is 0.256. The van der Waals surface area contributed by atoms with Gasteiger partial charge in [-0.25, -0.2) is 13.1 Å². The Balaban J connectivity index is 3.42. The third-order valence-electron chi connectivity index (χ3n) is 2.79. The molecular formula is C13H30N2O2S2. The van der Waals surface area contributed by atoms with Gasteiger partial charge >= 0.3 is 0 Å². The second-order valence-electron chi connectivity index (χ2n) is 4.72. The third-order valence-corrected chi connectivity index (χ3v) is 4.96. The van der Waals surface area contributed by atoms with Crippen LogP contribution in [0.3, 0.4) is 0 Å². The molecule has 0 aliphatic carbocycles. The lowest BCUT2D eigenvalue weighted by Gasteiger charge is -2.07. The Morgan fingerprint density at radius 1 is 0.947 bits per heavy atom. The highest BCUT2D eigenvalue weighted by Crippen LogP contribution is 2.02. The molecule has 116 valence electrons. The molecule has 0 saturated carbocycles. The summed E-state index contributed by atoms with van der Waals surface area (Å²) in [6, 6.07) is 0. The molecule has 0 saturated heterocycles. The molecule has 2 N–H and O–H groups in total. The van der Waals surface area contributed by atoms with Gasteiger partial charge in [0.1, 0.15) is 0 Å². The van der Waals surface area contributed by atoms with Crippen LogP contribution in [0, 0.1) is 0 Å². The quantitative estimate of drug-likeness (QED) is 0.483. The molecule has 0 spiro atoms. The average molecular weight is 311 g/mol. The van der Waals surface area contributed by atoms with E-state index in [1.54, 1.807) is 0 Å². The smallest absolute Gasteiger partial charge is 0.211 e. The van der Waals surface area contributed by atoms with Crippen molar-refractivity contribution in [2.45, 2.75) is 45.4 Å². The first-order valence-corrected chi connectivity index (χ1v) is 10.3. The zero-order valence-corrected chi connectivity index (χ0v) is 14.0. The summed E-state index contributed by atoms with van der Waals surface area (Å²) in [5.74, 6) is 1.42. The van der Waals surface area contributed by atoms with Crippen LogP contribution in [-0.4, -0.2) is 45.8 Å². The predicted molar refractivity (Wildman–Crippen MR) is 86.4 cm³/mol. The molecule has 0 heterocycles. The topological polar surface area (TPSA) is 58.2 Å². The van der Waals surface area contributed by atoms with Gasteiger partial charge < -0.3 is 5.32 Å². The maximum atomic E-state index is 11.7. The number of thioether (sulfide) groups is 1. The SMILES string of the molecule is CCCNCCCCS(=O)(=O)NCCCCCSC. The van der Waals surface area contributed by atoms with Gasteiger partial charge in [-0.1, -0.05) is 13.3 Å². The summed E-state index contributed by atoms with van der Waals surface area (Å²) in [5.41, 5.74) is 0. The van der Waals surface area contributed by atoms with E-state index >= 15 is 0 Å². The first kappa shape index (κ1) is 19.2. The van der Waals surface area contributed by atoms with Gasteiger partial charge in [0.15, 0.2) is 0 Å². The minimum atomic E-state index is -3.05. The summed E-state index contributed by atoms with van der Waals surface area (Å²) in [6.45, 7) is 4.64. The third kappa shape index (κ3) is 14.4. The van der Waals surface area contributed by atoms with Crippen molar-refractivity contribution < 1.29 is 8.42 Å². The Labute approximate surface area is 123 Å². The van der Waals surface area contributed by atoms with Gasteiger partial charge in [-0.05, 0) is 57.2 Å². The molecule has 0 rings (SSSR count). The van der Waals surface area contributed by atoms with E-state index in [4.69, 9.17) is 0 Å². The fourth-order valence-corrected chi connectivity index (χ4v) is 3.37. The lowest BCUT2D eigenvalue weighted by molar-refractivity contribution is 0.568. The van der Waals surface area contributed by atoms with Crippen molar-refractivity contribution in [2.75, 3.05) is 37.4 Å². The number of sulfonamides is 1. The molecule has 0 fully saturated rings. The van der Waals surface area contributed by atoms with Crippen LogP contribution < -0.4 is 10.0 Å². The Bertz CT molecular complexity index is 260. The van der Waals surface area contributed by atoms with Crippen molar-refractivity contribution in [1.29, 1.82) is 0 Å². The van der Waals surface area contributed by atoms with E-state index in [-0.39, 0.29) is 5.75 Å². The van der Waals surface area contributed by atoms with Crippen LogP contribution in [0.2, 0.25) is 0 Å². The first-order chi connectivity index (χ1) is 9.12. The van der Waals surface area contributed by atoms with E-state index < -0.39 is 10.0 Å². The van der Waals surface area contributed by atoms with Crippen molar-refractivity contribution in [3.8, 4) is 0 Å². The lowest BCUT2D eigenvalue weighted by Crippen LogP contribution is -2.28. The Morgan fingerprint density at radius 3 is 2.37 bits per heavy atom. The summed E-state index contributed by atoms with van der Waals surface area (Å²) in [4.78, 5) is 0. The summed E-state index contributed by atoms with van der Waals surface area (Å²) in [7, 11) is -3.05. The molecule has 0 atom stereocenters. The number of rotatable bonds is 14. The Morgan fingerprint density at radius 2 is 1.68 bits per heavy atom. The molecule has 0 amide bonds. The van der Waals surface area contributed by atoms with E-state index in [0.29, 0.717) is 6.54 Å². The van der Waals surface area contributed by atoms with E-state index in [9.17, 15) is 8.42 Å². The number of nitrogens with one attached hydrogen (secondary N) is 2. The van der Waals surface area contributed by atoms with Crippen LogP contribution in [0.25, 0.3) is 0 Å². The van der Waals surface area contributed by atoms with Crippen molar-refractivity contribution >= 4 is 21.8 Å². The van der Waals surface area contributed by atoms with Crippen LogP contribution in [0.1, 0.15) is 45.4 Å². The number of hydrogen-bond donors (Lipinski definition) is 2. The second-order valence-corrected chi connectivity index (χ2v) is 7.64. The van der Waals surface area contributed by atoms with Gasteiger partial charge in [0, 0.05) is 6.54 Å². The maximum Gasteiger partial charge on any atom is 0.211 e. The largest absolute Gasteiger partial charge is 0.317 e. The van der Waals surface area contributed by atoms with Crippen molar-refractivity contribution in [1.82, 2.24) is 10.0 Å². The molecule has 0 aliphatic rings. The summed E-state index contributed by atoms with van der Waals surface area (Å²) in [5, 5.41) is 3.28. The second kappa shape index (κ2) is 13.2. The molecule has 0 aromatic rings. The number of unbranched alkanes of at least 4 members (excludes halogenated alkanes) is 3. The van der Waals surface area contributed by atoms with Gasteiger partial charge in [-0.2, -0.15) is 11.8 Å². The van der Waals surface area contributed by atoms with Gasteiger partial charge in [-0.15, -0.1) is 0 Å². The predicted octanol–water partition coefficient (Wildman–Crippen LogP) is 2.22. The van der Waals surface area contributed by atoms with Crippen LogP contribution in [0.5, 0.6) is 0 Å². The Kier molecular flexibility index (Phi) is 13.4. The van der Waals surface area contributed by atoms with E-state index in [2.05, 4.69) is 23.2 Å². The van der Waals surface area contributed by atoms with Crippen molar-refractivity contribution in [2.24, 2.45) is 0 Å². The molecule has 4 nitrogen and oxygen atoms in total. The molecule has 6 heteroatoms. The zero-order valence-electron chi connectivity index (χ0n) is 12.4. The van der Waals surface area contributed by atoms with Gasteiger partial charge in [0.05, 0.1) is 5.75 Å². The van der Waals surface area contributed by atoms with E-state index in [1.807, 2.05) is 11.8 Å². The summed E-state index contributed by atoms with van der Waals surface area (Å²) >= 11 is 1.84. The average Bonchev–Trinajstić information content (AvgIpc) is 2.38. The van der Waals surface area contributed by atoms with Crippen LogP contribution in [0.15, 0.2) is 0 Å². The highest BCUT2D eigenvalue weighted by Gasteiger charge is 2.08. The number of hydrogen-bond acceptors (Lipinski definition) is 4. The monoisotopic (exact) mass is 310 g/mol. The molecule has 0 unspecified atom stereocenters. The molecule has 0 radical (unpaired) electrons. The van der Waals surface area contributed by atoms with E-state index in [0.717, 1.165) is 50.9 Å². The van der Waals surface area contributed by atoms with Crippen LogP contribution >= 0.6 is 11.8 Å². The highest BCUT2D eigenvalue weighted by molar-refractivity contribution is 7.98. The molecule has 19 heavy (non-hydrogen) atoms. The van der Waals surface area contributed by atoms with E-state index in [1.165, 1.54) is 6.42 Å². The fraction of sp³-hybridized carbons (Fsp3) is 1.00. The standard InChI is InChI=1S/C13H30N2O2S2/c1-3-9-14-10-6-8-13-19(16,17)15-11-5-4-7-12-18-2/h14-15H,3-13H2,1-2H3. The molecule has 0 bridgehead atoms. The molecule has 0 aromatic heterocycles. The van der Waals surface area contributed by atoms with Gasteiger partial charge in [0.25, 0.3) is 0 Å². The zero-order chi connectivity index (χ0) is 14.4. The van der Waals surface area contributed by atoms with Gasteiger partial charge in [0.2, 0.25) is 10.0 Å². The Hall–Kier alpha value is 0.220.